The minimum Gasteiger partial charge on any atom is -0.319 e. The Hall–Kier alpha value is -0.410. The maximum absolute atomic E-state index is 14.2. The molecule has 0 aromatic heterocycles. The standard InChI is InChI=1S/C16H23BrFN/c1-16(2)7-6-11(10-19-3)14(9-16)13-8-12(17)4-5-15(13)18/h4-5,8,11,14,19H,6-7,9-10H2,1-3H3. The summed E-state index contributed by atoms with van der Waals surface area (Å²) in [6.07, 6.45) is 3.46. The van der Waals surface area contributed by atoms with Crippen LogP contribution in [0.5, 0.6) is 0 Å². The lowest BCUT2D eigenvalue weighted by molar-refractivity contribution is 0.159. The Morgan fingerprint density at radius 2 is 2.16 bits per heavy atom. The van der Waals surface area contributed by atoms with E-state index in [1.54, 1.807) is 12.1 Å². The van der Waals surface area contributed by atoms with Gasteiger partial charge in [-0.25, -0.2) is 4.39 Å². The minimum absolute atomic E-state index is 0.0630. The van der Waals surface area contributed by atoms with E-state index >= 15 is 0 Å². The zero-order chi connectivity index (χ0) is 14.0. The molecule has 0 heterocycles. The molecule has 19 heavy (non-hydrogen) atoms. The first-order valence-corrected chi connectivity index (χ1v) is 7.82. The van der Waals surface area contributed by atoms with Crippen molar-refractivity contribution in [3.05, 3.63) is 34.1 Å². The van der Waals surface area contributed by atoms with Gasteiger partial charge >= 0.3 is 0 Å². The maximum atomic E-state index is 14.2. The predicted molar refractivity (Wildman–Crippen MR) is 81.9 cm³/mol. The second kappa shape index (κ2) is 5.92. The number of benzene rings is 1. The molecule has 106 valence electrons. The van der Waals surface area contributed by atoms with Crippen molar-refractivity contribution in [3.63, 3.8) is 0 Å². The molecule has 0 amide bonds. The summed E-state index contributed by atoms with van der Waals surface area (Å²) in [5.41, 5.74) is 1.19. The third-order valence-electron chi connectivity index (χ3n) is 4.36. The van der Waals surface area contributed by atoms with Crippen molar-refractivity contribution in [2.45, 2.75) is 39.0 Å². The van der Waals surface area contributed by atoms with Gasteiger partial charge in [-0.3, -0.25) is 0 Å². The highest BCUT2D eigenvalue weighted by Gasteiger charge is 2.36. The van der Waals surface area contributed by atoms with Crippen LogP contribution in [0.15, 0.2) is 22.7 Å². The number of nitrogens with one attached hydrogen (secondary N) is 1. The van der Waals surface area contributed by atoms with E-state index in [0.717, 1.165) is 23.0 Å². The average molecular weight is 328 g/mol. The van der Waals surface area contributed by atoms with Gasteiger partial charge in [0.2, 0.25) is 0 Å². The molecule has 1 fully saturated rings. The fourth-order valence-corrected chi connectivity index (χ4v) is 3.69. The monoisotopic (exact) mass is 327 g/mol. The van der Waals surface area contributed by atoms with Gasteiger partial charge < -0.3 is 5.32 Å². The van der Waals surface area contributed by atoms with Crippen LogP contribution >= 0.6 is 15.9 Å². The summed E-state index contributed by atoms with van der Waals surface area (Å²) < 4.78 is 15.1. The Kier molecular flexibility index (Phi) is 4.67. The molecule has 3 heteroatoms. The van der Waals surface area contributed by atoms with Crippen LogP contribution < -0.4 is 5.32 Å². The molecule has 2 rings (SSSR count). The molecule has 0 spiro atoms. The fourth-order valence-electron chi connectivity index (χ4n) is 3.31. The lowest BCUT2D eigenvalue weighted by atomic mass is 9.65. The summed E-state index contributed by atoms with van der Waals surface area (Å²) in [6, 6.07) is 5.32. The lowest BCUT2D eigenvalue weighted by Gasteiger charge is -2.41. The van der Waals surface area contributed by atoms with Crippen molar-refractivity contribution in [2.75, 3.05) is 13.6 Å². The molecule has 0 saturated heterocycles. The van der Waals surface area contributed by atoms with Crippen LogP contribution in [0.4, 0.5) is 4.39 Å². The van der Waals surface area contributed by atoms with E-state index in [1.165, 1.54) is 12.8 Å². The summed E-state index contributed by atoms with van der Waals surface area (Å²) >= 11 is 3.47. The Balaban J connectivity index is 2.33. The first kappa shape index (κ1) is 15.0. The van der Waals surface area contributed by atoms with Gasteiger partial charge in [0.05, 0.1) is 0 Å². The summed E-state index contributed by atoms with van der Waals surface area (Å²) in [7, 11) is 1.98. The number of hydrogen-bond donors (Lipinski definition) is 1. The van der Waals surface area contributed by atoms with Crippen molar-refractivity contribution >= 4 is 15.9 Å². The smallest absolute Gasteiger partial charge is 0.126 e. The molecule has 1 aliphatic rings. The molecular weight excluding hydrogens is 305 g/mol. The van der Waals surface area contributed by atoms with Crippen molar-refractivity contribution in [2.24, 2.45) is 11.3 Å². The SMILES string of the molecule is CNCC1CCC(C)(C)CC1c1cc(Br)ccc1F. The van der Waals surface area contributed by atoms with Gasteiger partial charge in [-0.1, -0.05) is 29.8 Å². The lowest BCUT2D eigenvalue weighted by Crippen LogP contribution is -2.34. The van der Waals surface area contributed by atoms with E-state index in [4.69, 9.17) is 0 Å². The highest BCUT2D eigenvalue weighted by molar-refractivity contribution is 9.10. The number of halogens is 2. The molecule has 0 bridgehead atoms. The maximum Gasteiger partial charge on any atom is 0.126 e. The molecule has 1 saturated carbocycles. The van der Waals surface area contributed by atoms with Gasteiger partial charge in [0.15, 0.2) is 0 Å². The Morgan fingerprint density at radius 3 is 2.84 bits per heavy atom. The molecule has 1 nitrogen and oxygen atoms in total. The van der Waals surface area contributed by atoms with Crippen LogP contribution in [0.2, 0.25) is 0 Å². The number of rotatable bonds is 3. The topological polar surface area (TPSA) is 12.0 Å². The van der Waals surface area contributed by atoms with Gasteiger partial charge in [-0.15, -0.1) is 0 Å². The van der Waals surface area contributed by atoms with Crippen LogP contribution in [-0.2, 0) is 0 Å². The zero-order valence-corrected chi connectivity index (χ0v) is 13.6. The minimum atomic E-state index is -0.0630. The molecule has 0 aliphatic heterocycles. The molecule has 0 radical (unpaired) electrons. The van der Waals surface area contributed by atoms with E-state index in [2.05, 4.69) is 35.1 Å². The van der Waals surface area contributed by atoms with Crippen molar-refractivity contribution in [1.82, 2.24) is 5.32 Å². The van der Waals surface area contributed by atoms with Crippen molar-refractivity contribution in [3.8, 4) is 0 Å². The van der Waals surface area contributed by atoms with Gasteiger partial charge in [-0.2, -0.15) is 0 Å². The third kappa shape index (κ3) is 3.57. The van der Waals surface area contributed by atoms with E-state index in [9.17, 15) is 4.39 Å². The number of hydrogen-bond acceptors (Lipinski definition) is 1. The molecule has 1 N–H and O–H groups in total. The van der Waals surface area contributed by atoms with Crippen LogP contribution in [0, 0.1) is 17.2 Å². The molecule has 1 aliphatic carbocycles. The van der Waals surface area contributed by atoms with Gasteiger partial charge in [0.1, 0.15) is 5.82 Å². The van der Waals surface area contributed by atoms with Gasteiger partial charge in [-0.05, 0) is 73.9 Å². The second-order valence-electron chi connectivity index (χ2n) is 6.50. The van der Waals surface area contributed by atoms with E-state index < -0.39 is 0 Å². The highest BCUT2D eigenvalue weighted by Crippen LogP contribution is 2.47. The van der Waals surface area contributed by atoms with Crippen molar-refractivity contribution < 1.29 is 4.39 Å². The molecule has 2 unspecified atom stereocenters. The van der Waals surface area contributed by atoms with E-state index in [-0.39, 0.29) is 5.82 Å². The quantitative estimate of drug-likeness (QED) is 0.847. The van der Waals surface area contributed by atoms with Crippen LogP contribution in [0.3, 0.4) is 0 Å². The molecule has 1 aromatic rings. The van der Waals surface area contributed by atoms with Crippen molar-refractivity contribution in [1.29, 1.82) is 0 Å². The van der Waals surface area contributed by atoms with Gasteiger partial charge in [0.25, 0.3) is 0 Å². The Morgan fingerprint density at radius 1 is 1.42 bits per heavy atom. The first-order valence-electron chi connectivity index (χ1n) is 7.02. The van der Waals surface area contributed by atoms with Gasteiger partial charge in [0, 0.05) is 4.47 Å². The summed E-state index contributed by atoms with van der Waals surface area (Å²) in [5.74, 6) is 0.780. The van der Waals surface area contributed by atoms with E-state index in [0.29, 0.717) is 17.3 Å². The average Bonchev–Trinajstić information content (AvgIpc) is 2.34. The zero-order valence-electron chi connectivity index (χ0n) is 12.0. The Labute approximate surface area is 124 Å². The Bertz CT molecular complexity index is 444. The second-order valence-corrected chi connectivity index (χ2v) is 7.41. The van der Waals surface area contributed by atoms with Crippen LogP contribution in [-0.4, -0.2) is 13.6 Å². The fraction of sp³-hybridized carbons (Fsp3) is 0.625. The third-order valence-corrected chi connectivity index (χ3v) is 4.85. The largest absolute Gasteiger partial charge is 0.319 e. The molecular formula is C16H23BrFN. The summed E-state index contributed by atoms with van der Waals surface area (Å²) in [6.45, 7) is 5.56. The highest BCUT2D eigenvalue weighted by atomic mass is 79.9. The van der Waals surface area contributed by atoms with Crippen LogP contribution in [0.25, 0.3) is 0 Å². The predicted octanol–water partition coefficient (Wildman–Crippen LogP) is 4.72. The summed E-state index contributed by atoms with van der Waals surface area (Å²) in [4.78, 5) is 0. The molecule has 1 aromatic carbocycles. The van der Waals surface area contributed by atoms with Crippen LogP contribution in [0.1, 0.15) is 44.6 Å². The summed E-state index contributed by atoms with van der Waals surface area (Å²) in [5, 5.41) is 3.26. The first-order chi connectivity index (χ1) is 8.93. The molecule has 2 atom stereocenters. The van der Waals surface area contributed by atoms with E-state index in [1.807, 2.05) is 13.1 Å². The normalized spacial score (nSPS) is 26.4.